The van der Waals surface area contributed by atoms with Gasteiger partial charge in [-0.15, -0.1) is 0 Å². The number of methoxy groups -OCH3 is 2. The minimum Gasteiger partial charge on any atom is -0.493 e. The molecule has 0 bridgehead atoms. The largest absolute Gasteiger partial charge is 0.493 e. The second-order valence-corrected chi connectivity index (χ2v) is 5.72. The molecule has 8 nitrogen and oxygen atoms in total. The van der Waals surface area contributed by atoms with Gasteiger partial charge in [-0.2, -0.15) is 0 Å². The lowest BCUT2D eigenvalue weighted by Crippen LogP contribution is -2.50. The Hall–Kier alpha value is -2.48. The predicted octanol–water partition coefficient (Wildman–Crippen LogP) is 1.08. The van der Waals surface area contributed by atoms with Crippen molar-refractivity contribution in [1.82, 2.24) is 5.32 Å². The van der Waals surface area contributed by atoms with Crippen LogP contribution in [0, 0.1) is 0 Å². The van der Waals surface area contributed by atoms with Crippen LogP contribution in [0.2, 0.25) is 0 Å². The topological polar surface area (TPSA) is 103 Å². The zero-order chi connectivity index (χ0) is 17.7. The summed E-state index contributed by atoms with van der Waals surface area (Å²) in [6, 6.07) is 3.07. The Morgan fingerprint density at radius 2 is 2.00 bits per heavy atom. The van der Waals surface area contributed by atoms with E-state index in [-0.39, 0.29) is 18.6 Å². The van der Waals surface area contributed by atoms with Crippen molar-refractivity contribution in [2.24, 2.45) is 0 Å². The average molecular weight is 339 g/mol. The van der Waals surface area contributed by atoms with E-state index < -0.39 is 17.4 Å². The van der Waals surface area contributed by atoms with Gasteiger partial charge in [-0.3, -0.25) is 9.59 Å². The van der Waals surface area contributed by atoms with E-state index in [1.54, 1.807) is 13.0 Å². The highest BCUT2D eigenvalue weighted by molar-refractivity contribution is 5.96. The molecular formula is C16H21NO7. The van der Waals surface area contributed by atoms with E-state index in [9.17, 15) is 9.59 Å². The Morgan fingerprint density at radius 1 is 1.29 bits per heavy atom. The lowest BCUT2D eigenvalue weighted by molar-refractivity contribution is -0.139. The molecule has 2 N–H and O–H groups in total. The molecule has 0 radical (unpaired) electrons. The summed E-state index contributed by atoms with van der Waals surface area (Å²) < 4.78 is 21.3. The summed E-state index contributed by atoms with van der Waals surface area (Å²) >= 11 is 0. The monoisotopic (exact) mass is 339 g/mol. The first-order valence-corrected chi connectivity index (χ1v) is 7.39. The number of rotatable bonds is 7. The molecule has 1 aliphatic heterocycles. The Balaban J connectivity index is 2.26. The molecular weight excluding hydrogens is 318 g/mol. The van der Waals surface area contributed by atoms with Crippen LogP contribution in [0.5, 0.6) is 17.2 Å². The summed E-state index contributed by atoms with van der Waals surface area (Å²) in [6.45, 7) is 2.45. The predicted molar refractivity (Wildman–Crippen MR) is 84.0 cm³/mol. The van der Waals surface area contributed by atoms with Gasteiger partial charge in [0.15, 0.2) is 11.5 Å². The fourth-order valence-electron chi connectivity index (χ4n) is 2.53. The molecule has 132 valence electrons. The van der Waals surface area contributed by atoms with Crippen molar-refractivity contribution in [3.8, 4) is 17.2 Å². The molecule has 2 rings (SSSR count). The van der Waals surface area contributed by atoms with Crippen molar-refractivity contribution >= 4 is 11.9 Å². The molecule has 8 heteroatoms. The minimum atomic E-state index is -1.04. The second-order valence-electron chi connectivity index (χ2n) is 5.72. The number of hydrogen-bond acceptors (Lipinski definition) is 6. The van der Waals surface area contributed by atoms with Crippen LogP contribution in [0.1, 0.15) is 23.7 Å². The van der Waals surface area contributed by atoms with E-state index in [1.165, 1.54) is 20.3 Å². The van der Waals surface area contributed by atoms with Gasteiger partial charge in [-0.1, -0.05) is 0 Å². The van der Waals surface area contributed by atoms with Gasteiger partial charge in [-0.25, -0.2) is 0 Å². The highest BCUT2D eigenvalue weighted by Gasteiger charge is 2.31. The molecule has 1 unspecified atom stereocenters. The molecule has 1 aromatic carbocycles. The molecule has 24 heavy (non-hydrogen) atoms. The van der Waals surface area contributed by atoms with Crippen molar-refractivity contribution in [3.05, 3.63) is 17.7 Å². The van der Waals surface area contributed by atoms with Crippen LogP contribution in [0.4, 0.5) is 0 Å². The van der Waals surface area contributed by atoms with Gasteiger partial charge >= 0.3 is 5.97 Å². The van der Waals surface area contributed by atoms with Crippen LogP contribution in [-0.2, 0) is 9.53 Å². The van der Waals surface area contributed by atoms with Gasteiger partial charge in [0.05, 0.1) is 25.7 Å². The molecule has 0 spiro atoms. The number of nitrogens with one attached hydrogen (secondary N) is 1. The molecule has 1 aliphatic rings. The van der Waals surface area contributed by atoms with Gasteiger partial charge in [-0.05, 0) is 19.1 Å². The quantitative estimate of drug-likeness (QED) is 0.766. The molecule has 0 aliphatic carbocycles. The van der Waals surface area contributed by atoms with Crippen molar-refractivity contribution in [2.45, 2.75) is 18.9 Å². The van der Waals surface area contributed by atoms with Crippen LogP contribution < -0.4 is 19.5 Å². The molecule has 0 saturated carbocycles. The number of fused-ring (bicyclic) bond motifs is 1. The van der Waals surface area contributed by atoms with Crippen LogP contribution >= 0.6 is 0 Å². The number of hydrogen-bond donors (Lipinski definition) is 2. The Labute approximate surface area is 139 Å². The van der Waals surface area contributed by atoms with Gasteiger partial charge in [0, 0.05) is 12.7 Å². The van der Waals surface area contributed by atoms with E-state index in [0.29, 0.717) is 30.5 Å². The molecule has 0 aromatic heterocycles. The summed E-state index contributed by atoms with van der Waals surface area (Å²) in [5.41, 5.74) is -0.762. The van der Waals surface area contributed by atoms with Crippen molar-refractivity contribution in [3.63, 3.8) is 0 Å². The maximum absolute atomic E-state index is 12.6. The highest BCUT2D eigenvalue weighted by atomic mass is 16.6. The number of carboxylic acids is 1. The molecule has 1 heterocycles. The number of carboxylic acid groups (broad SMARTS) is 1. The standard InChI is InChI=1S/C16H21NO7/c1-16(9-21-2,8-13(18)19)17-15(20)10-6-11(22-3)14-12(7-10)23-4-5-24-14/h6-7H,4-5,8-9H2,1-3H3,(H,17,20)(H,18,19). The van der Waals surface area contributed by atoms with Crippen LogP contribution in [-0.4, -0.2) is 56.6 Å². The third-order valence-electron chi connectivity index (χ3n) is 3.51. The summed E-state index contributed by atoms with van der Waals surface area (Å²) in [6.07, 6.45) is -0.270. The van der Waals surface area contributed by atoms with Crippen molar-refractivity contribution in [2.75, 3.05) is 34.0 Å². The molecule has 0 saturated heterocycles. The number of ether oxygens (including phenoxy) is 4. The zero-order valence-electron chi connectivity index (χ0n) is 13.9. The van der Waals surface area contributed by atoms with Crippen molar-refractivity contribution < 1.29 is 33.6 Å². The Kier molecular flexibility index (Phi) is 5.50. The van der Waals surface area contributed by atoms with E-state index in [1.807, 2.05) is 0 Å². The maximum atomic E-state index is 12.6. The number of aliphatic carboxylic acids is 1. The minimum absolute atomic E-state index is 0.0622. The van der Waals surface area contributed by atoms with E-state index in [0.717, 1.165) is 0 Å². The number of carbonyl (C=O) groups excluding carboxylic acids is 1. The van der Waals surface area contributed by atoms with Gasteiger partial charge in [0.1, 0.15) is 13.2 Å². The van der Waals surface area contributed by atoms with Gasteiger partial charge in [0.2, 0.25) is 5.75 Å². The summed E-state index contributed by atoms with van der Waals surface area (Å²) in [4.78, 5) is 23.6. The molecule has 1 atom stereocenters. The SMILES string of the molecule is COCC(C)(CC(=O)O)NC(=O)c1cc(OC)c2c(c1)OCCO2. The summed E-state index contributed by atoms with van der Waals surface area (Å²) in [5.74, 6) is -0.243. The fraction of sp³-hybridized carbons (Fsp3) is 0.500. The number of amides is 1. The van der Waals surface area contributed by atoms with Crippen LogP contribution in [0.15, 0.2) is 12.1 Å². The fourth-order valence-corrected chi connectivity index (χ4v) is 2.53. The van der Waals surface area contributed by atoms with E-state index in [2.05, 4.69) is 5.32 Å². The van der Waals surface area contributed by atoms with E-state index in [4.69, 9.17) is 24.1 Å². The lowest BCUT2D eigenvalue weighted by atomic mass is 9.98. The van der Waals surface area contributed by atoms with Gasteiger partial charge in [0.25, 0.3) is 5.91 Å². The third-order valence-corrected chi connectivity index (χ3v) is 3.51. The first-order valence-electron chi connectivity index (χ1n) is 7.39. The summed E-state index contributed by atoms with van der Waals surface area (Å²) in [5, 5.41) is 11.7. The first-order chi connectivity index (χ1) is 11.4. The number of benzene rings is 1. The van der Waals surface area contributed by atoms with Gasteiger partial charge < -0.3 is 29.4 Å². The summed E-state index contributed by atoms with van der Waals surface area (Å²) in [7, 11) is 2.91. The second kappa shape index (κ2) is 7.39. The number of carbonyl (C=O) groups is 2. The van der Waals surface area contributed by atoms with Crippen LogP contribution in [0.3, 0.4) is 0 Å². The van der Waals surface area contributed by atoms with Crippen LogP contribution in [0.25, 0.3) is 0 Å². The Morgan fingerprint density at radius 3 is 2.62 bits per heavy atom. The maximum Gasteiger partial charge on any atom is 0.305 e. The average Bonchev–Trinajstić information content (AvgIpc) is 2.52. The van der Waals surface area contributed by atoms with Crippen molar-refractivity contribution in [1.29, 1.82) is 0 Å². The third kappa shape index (κ3) is 4.08. The molecule has 0 fully saturated rings. The molecule has 1 amide bonds. The smallest absolute Gasteiger partial charge is 0.305 e. The highest BCUT2D eigenvalue weighted by Crippen LogP contribution is 2.40. The molecule has 1 aromatic rings. The normalized spacial score (nSPS) is 15.3. The first kappa shape index (κ1) is 17.9. The van der Waals surface area contributed by atoms with E-state index >= 15 is 0 Å². The zero-order valence-corrected chi connectivity index (χ0v) is 13.9. The Bertz CT molecular complexity index is 614. The lowest BCUT2D eigenvalue weighted by Gasteiger charge is -2.29.